The van der Waals surface area contributed by atoms with Crippen LogP contribution < -0.4 is 11.1 Å². The molecule has 106 valence electrons. The standard InChI is InChI=1S/C14H16N2O3S/c1-8(20)10-3-2-4-11-13(10)19-14(18)16(11)9-5-6-12(17)15-7-9/h2-4,8-9,20H,5-7H2,1H3,(H,15,17)/t8?,9-/m1/s1. The molecule has 1 unspecified atom stereocenters. The van der Waals surface area contributed by atoms with Crippen LogP contribution in [0, 0.1) is 0 Å². The summed E-state index contributed by atoms with van der Waals surface area (Å²) in [6, 6.07) is 5.63. The lowest BCUT2D eigenvalue weighted by molar-refractivity contribution is -0.122. The molecule has 2 atom stereocenters. The topological polar surface area (TPSA) is 64.2 Å². The van der Waals surface area contributed by atoms with Crippen molar-refractivity contribution in [1.82, 2.24) is 9.88 Å². The molecule has 1 N–H and O–H groups in total. The van der Waals surface area contributed by atoms with E-state index >= 15 is 0 Å². The molecule has 1 aromatic carbocycles. The zero-order valence-electron chi connectivity index (χ0n) is 11.1. The van der Waals surface area contributed by atoms with Crippen LogP contribution >= 0.6 is 12.6 Å². The van der Waals surface area contributed by atoms with Gasteiger partial charge in [0.15, 0.2) is 5.58 Å². The Morgan fingerprint density at radius 1 is 1.45 bits per heavy atom. The van der Waals surface area contributed by atoms with Crippen molar-refractivity contribution in [2.24, 2.45) is 0 Å². The molecule has 0 bridgehead atoms. The SMILES string of the molecule is CC(S)c1cccc2c1oc(=O)n2[C@@H]1CCC(=O)NC1. The minimum Gasteiger partial charge on any atom is -0.407 e. The molecule has 1 aromatic heterocycles. The van der Waals surface area contributed by atoms with Crippen molar-refractivity contribution >= 4 is 29.6 Å². The summed E-state index contributed by atoms with van der Waals surface area (Å²) < 4.78 is 7.06. The normalized spacial score (nSPS) is 20.9. The Bertz CT molecular complexity index is 707. The third-order valence-electron chi connectivity index (χ3n) is 3.73. The maximum absolute atomic E-state index is 12.2. The van der Waals surface area contributed by atoms with Gasteiger partial charge in [0.05, 0.1) is 11.6 Å². The first kappa shape index (κ1) is 13.3. The number of piperidine rings is 1. The van der Waals surface area contributed by atoms with E-state index in [0.29, 0.717) is 25.0 Å². The number of hydrogen-bond acceptors (Lipinski definition) is 4. The van der Waals surface area contributed by atoms with Gasteiger partial charge >= 0.3 is 5.76 Å². The fraction of sp³-hybridized carbons (Fsp3) is 0.429. The second kappa shape index (κ2) is 5.01. The summed E-state index contributed by atoms with van der Waals surface area (Å²) in [6.07, 6.45) is 1.09. The molecule has 1 fully saturated rings. The molecule has 2 heterocycles. The van der Waals surface area contributed by atoms with Gasteiger partial charge in [0, 0.05) is 23.8 Å². The monoisotopic (exact) mass is 292 g/mol. The number of aromatic nitrogens is 1. The summed E-state index contributed by atoms with van der Waals surface area (Å²) in [5.74, 6) is -0.339. The highest BCUT2D eigenvalue weighted by atomic mass is 32.1. The smallest absolute Gasteiger partial charge is 0.407 e. The number of benzene rings is 1. The number of oxazole rings is 1. The molecule has 1 aliphatic heterocycles. The highest BCUT2D eigenvalue weighted by molar-refractivity contribution is 7.80. The predicted octanol–water partition coefficient (Wildman–Crippen LogP) is 2.04. The number of thiol groups is 1. The van der Waals surface area contributed by atoms with Gasteiger partial charge in [-0.05, 0) is 19.4 Å². The molecular formula is C14H16N2O3S. The van der Waals surface area contributed by atoms with Gasteiger partial charge in [-0.2, -0.15) is 12.6 Å². The van der Waals surface area contributed by atoms with Gasteiger partial charge in [0.2, 0.25) is 5.91 Å². The Labute approximate surface area is 121 Å². The van der Waals surface area contributed by atoms with Crippen molar-refractivity contribution in [3.63, 3.8) is 0 Å². The summed E-state index contributed by atoms with van der Waals surface area (Å²) in [6.45, 7) is 2.41. The summed E-state index contributed by atoms with van der Waals surface area (Å²) >= 11 is 4.42. The molecule has 3 rings (SSSR count). The molecule has 2 aromatic rings. The van der Waals surface area contributed by atoms with Crippen molar-refractivity contribution in [2.75, 3.05) is 6.54 Å². The molecule has 6 heteroatoms. The lowest BCUT2D eigenvalue weighted by Gasteiger charge is -2.23. The maximum Gasteiger partial charge on any atom is 0.420 e. The van der Waals surface area contributed by atoms with Gasteiger partial charge in [-0.1, -0.05) is 12.1 Å². The summed E-state index contributed by atoms with van der Waals surface area (Å²) in [4.78, 5) is 23.4. The fourth-order valence-electron chi connectivity index (χ4n) is 2.69. The van der Waals surface area contributed by atoms with E-state index in [1.54, 1.807) is 4.57 Å². The first-order valence-electron chi connectivity index (χ1n) is 6.66. The van der Waals surface area contributed by atoms with Crippen molar-refractivity contribution < 1.29 is 9.21 Å². The van der Waals surface area contributed by atoms with Crippen LogP contribution in [0.25, 0.3) is 11.1 Å². The van der Waals surface area contributed by atoms with Crippen LogP contribution in [-0.4, -0.2) is 17.0 Å². The fourth-order valence-corrected chi connectivity index (χ4v) is 2.90. The van der Waals surface area contributed by atoms with E-state index in [1.165, 1.54) is 0 Å². The quantitative estimate of drug-likeness (QED) is 0.833. The van der Waals surface area contributed by atoms with E-state index in [4.69, 9.17) is 4.42 Å². The Kier molecular flexibility index (Phi) is 3.33. The van der Waals surface area contributed by atoms with Crippen LogP contribution in [0.2, 0.25) is 0 Å². The van der Waals surface area contributed by atoms with Crippen molar-refractivity contribution in [1.29, 1.82) is 0 Å². The number of para-hydroxylation sites is 1. The number of hydrogen-bond donors (Lipinski definition) is 2. The Morgan fingerprint density at radius 3 is 2.90 bits per heavy atom. The van der Waals surface area contributed by atoms with Gasteiger partial charge in [0.1, 0.15) is 0 Å². The van der Waals surface area contributed by atoms with Crippen LogP contribution in [0.4, 0.5) is 0 Å². The molecule has 0 radical (unpaired) electrons. The maximum atomic E-state index is 12.2. The second-order valence-corrected chi connectivity index (χ2v) is 5.88. The molecule has 1 saturated heterocycles. The molecule has 20 heavy (non-hydrogen) atoms. The van der Waals surface area contributed by atoms with Crippen LogP contribution in [0.5, 0.6) is 0 Å². The first-order chi connectivity index (χ1) is 9.58. The third kappa shape index (κ3) is 2.14. The van der Waals surface area contributed by atoms with Gasteiger partial charge in [-0.25, -0.2) is 4.79 Å². The van der Waals surface area contributed by atoms with Crippen molar-refractivity contribution in [3.05, 3.63) is 34.3 Å². The van der Waals surface area contributed by atoms with Crippen LogP contribution in [0.1, 0.15) is 36.6 Å². The highest BCUT2D eigenvalue weighted by Crippen LogP contribution is 2.29. The van der Waals surface area contributed by atoms with Crippen LogP contribution in [-0.2, 0) is 4.79 Å². The van der Waals surface area contributed by atoms with E-state index in [-0.39, 0.29) is 23.0 Å². The molecular weight excluding hydrogens is 276 g/mol. The first-order valence-corrected chi connectivity index (χ1v) is 7.18. The number of nitrogens with one attached hydrogen (secondary N) is 1. The van der Waals surface area contributed by atoms with Crippen molar-refractivity contribution in [2.45, 2.75) is 31.1 Å². The summed E-state index contributed by atoms with van der Waals surface area (Å²) in [7, 11) is 0. The van der Waals surface area contributed by atoms with E-state index in [2.05, 4.69) is 17.9 Å². The molecule has 0 aliphatic carbocycles. The van der Waals surface area contributed by atoms with Crippen molar-refractivity contribution in [3.8, 4) is 0 Å². The van der Waals surface area contributed by atoms with E-state index in [1.807, 2.05) is 25.1 Å². The molecule has 0 spiro atoms. The summed E-state index contributed by atoms with van der Waals surface area (Å²) in [5, 5.41) is 2.78. The number of carbonyl (C=O) groups is 1. The number of carbonyl (C=O) groups excluding carboxylic acids is 1. The number of nitrogens with zero attached hydrogens (tertiary/aromatic N) is 1. The number of rotatable bonds is 2. The van der Waals surface area contributed by atoms with Crippen LogP contribution in [0.15, 0.2) is 27.4 Å². The molecule has 0 saturated carbocycles. The second-order valence-electron chi connectivity index (χ2n) is 5.11. The highest BCUT2D eigenvalue weighted by Gasteiger charge is 2.25. The average molecular weight is 292 g/mol. The van der Waals surface area contributed by atoms with E-state index in [0.717, 1.165) is 11.1 Å². The van der Waals surface area contributed by atoms with E-state index in [9.17, 15) is 9.59 Å². The van der Waals surface area contributed by atoms with E-state index < -0.39 is 0 Å². The average Bonchev–Trinajstić information content (AvgIpc) is 2.75. The Morgan fingerprint density at radius 2 is 2.25 bits per heavy atom. The number of fused-ring (bicyclic) bond motifs is 1. The Balaban J connectivity index is 2.12. The van der Waals surface area contributed by atoms with Gasteiger partial charge in [0.25, 0.3) is 0 Å². The minimum absolute atomic E-state index is 0.0104. The Hall–Kier alpha value is -1.69. The predicted molar refractivity (Wildman–Crippen MR) is 79.2 cm³/mol. The minimum atomic E-state index is -0.373. The molecule has 5 nitrogen and oxygen atoms in total. The molecule has 1 aliphatic rings. The van der Waals surface area contributed by atoms with Crippen LogP contribution in [0.3, 0.4) is 0 Å². The van der Waals surface area contributed by atoms with Gasteiger partial charge in [-0.15, -0.1) is 0 Å². The zero-order valence-corrected chi connectivity index (χ0v) is 12.0. The molecule has 1 amide bonds. The summed E-state index contributed by atoms with van der Waals surface area (Å²) in [5.41, 5.74) is 2.27. The lowest BCUT2D eigenvalue weighted by atomic mass is 10.1. The third-order valence-corrected chi connectivity index (χ3v) is 4.00. The number of amides is 1. The largest absolute Gasteiger partial charge is 0.420 e. The zero-order chi connectivity index (χ0) is 14.3. The lowest BCUT2D eigenvalue weighted by Crippen LogP contribution is -2.38. The van der Waals surface area contributed by atoms with Gasteiger partial charge in [-0.3, -0.25) is 9.36 Å². The van der Waals surface area contributed by atoms with Gasteiger partial charge < -0.3 is 9.73 Å².